The Morgan fingerprint density at radius 3 is 2.62 bits per heavy atom. The summed E-state index contributed by atoms with van der Waals surface area (Å²) in [6.45, 7) is 0.665. The third kappa shape index (κ3) is 5.66. The molecule has 0 saturated heterocycles. The van der Waals surface area contributed by atoms with Gasteiger partial charge in [-0.25, -0.2) is 4.98 Å². The van der Waals surface area contributed by atoms with Crippen LogP contribution in [0.4, 0.5) is 0 Å². The minimum atomic E-state index is -0.200. The van der Waals surface area contributed by atoms with Crippen molar-refractivity contribution < 1.29 is 14.3 Å². The molecule has 0 atom stereocenters. The van der Waals surface area contributed by atoms with E-state index in [0.29, 0.717) is 18.0 Å². The highest BCUT2D eigenvalue weighted by atomic mass is 79.9. The lowest BCUT2D eigenvalue weighted by molar-refractivity contribution is -0.121. The predicted octanol–water partition coefficient (Wildman–Crippen LogP) is 2.29. The molecule has 126 valence electrons. The molecule has 1 aromatic carbocycles. The zero-order valence-corrected chi connectivity index (χ0v) is 14.8. The molecule has 0 spiro atoms. The van der Waals surface area contributed by atoms with E-state index < -0.39 is 0 Å². The SMILES string of the molecule is COc1cc(CNC(=O)CCNC(=O)c2ccc(Br)cc2)ccn1. The summed E-state index contributed by atoms with van der Waals surface area (Å²) in [5, 5.41) is 5.51. The number of carbonyl (C=O) groups is 2. The lowest BCUT2D eigenvalue weighted by Gasteiger charge is -2.08. The minimum absolute atomic E-state index is 0.137. The molecular formula is C17H18BrN3O3. The molecule has 0 saturated carbocycles. The highest BCUT2D eigenvalue weighted by Crippen LogP contribution is 2.10. The van der Waals surface area contributed by atoms with Crippen LogP contribution < -0.4 is 15.4 Å². The summed E-state index contributed by atoms with van der Waals surface area (Å²) in [7, 11) is 1.54. The summed E-state index contributed by atoms with van der Waals surface area (Å²) < 4.78 is 5.94. The van der Waals surface area contributed by atoms with E-state index in [2.05, 4.69) is 31.5 Å². The van der Waals surface area contributed by atoms with E-state index in [9.17, 15) is 9.59 Å². The lowest BCUT2D eigenvalue weighted by atomic mass is 10.2. The molecule has 0 fully saturated rings. The molecule has 0 aliphatic heterocycles. The number of methoxy groups -OCH3 is 1. The van der Waals surface area contributed by atoms with Gasteiger partial charge in [-0.1, -0.05) is 15.9 Å². The van der Waals surface area contributed by atoms with Gasteiger partial charge >= 0.3 is 0 Å². The topological polar surface area (TPSA) is 80.3 Å². The minimum Gasteiger partial charge on any atom is -0.481 e. The second kappa shape index (κ2) is 9.02. The van der Waals surface area contributed by atoms with Gasteiger partial charge in [0.2, 0.25) is 11.8 Å². The van der Waals surface area contributed by atoms with Crippen molar-refractivity contribution in [2.24, 2.45) is 0 Å². The third-order valence-corrected chi connectivity index (χ3v) is 3.77. The van der Waals surface area contributed by atoms with Crippen LogP contribution in [-0.2, 0) is 11.3 Å². The van der Waals surface area contributed by atoms with Gasteiger partial charge in [-0.2, -0.15) is 0 Å². The second-order valence-corrected chi connectivity index (χ2v) is 5.91. The highest BCUT2D eigenvalue weighted by molar-refractivity contribution is 9.10. The number of benzene rings is 1. The van der Waals surface area contributed by atoms with E-state index in [1.54, 1.807) is 49.7 Å². The van der Waals surface area contributed by atoms with Crippen molar-refractivity contribution in [3.8, 4) is 5.88 Å². The molecule has 0 aliphatic rings. The molecule has 7 heteroatoms. The van der Waals surface area contributed by atoms with Gasteiger partial charge in [0.05, 0.1) is 7.11 Å². The molecule has 1 aromatic heterocycles. The number of hydrogen-bond acceptors (Lipinski definition) is 4. The monoisotopic (exact) mass is 391 g/mol. The number of ether oxygens (including phenoxy) is 1. The van der Waals surface area contributed by atoms with Crippen molar-refractivity contribution in [1.82, 2.24) is 15.6 Å². The van der Waals surface area contributed by atoms with Crippen molar-refractivity contribution in [3.63, 3.8) is 0 Å². The Labute approximate surface area is 148 Å². The maximum absolute atomic E-state index is 11.9. The van der Waals surface area contributed by atoms with Crippen LogP contribution in [-0.4, -0.2) is 30.5 Å². The fraction of sp³-hybridized carbons (Fsp3) is 0.235. The molecule has 1 heterocycles. The Morgan fingerprint density at radius 2 is 1.92 bits per heavy atom. The molecule has 2 N–H and O–H groups in total. The predicted molar refractivity (Wildman–Crippen MR) is 93.7 cm³/mol. The smallest absolute Gasteiger partial charge is 0.251 e. The van der Waals surface area contributed by atoms with Crippen molar-refractivity contribution in [2.45, 2.75) is 13.0 Å². The summed E-state index contributed by atoms with van der Waals surface area (Å²) in [6.07, 6.45) is 1.84. The number of rotatable bonds is 7. The quantitative estimate of drug-likeness (QED) is 0.758. The number of halogens is 1. The van der Waals surface area contributed by atoms with E-state index in [1.807, 2.05) is 0 Å². The summed E-state index contributed by atoms with van der Waals surface area (Å²) in [6, 6.07) is 10.6. The molecule has 0 bridgehead atoms. The van der Waals surface area contributed by atoms with Crippen molar-refractivity contribution in [1.29, 1.82) is 0 Å². The van der Waals surface area contributed by atoms with E-state index in [4.69, 9.17) is 4.74 Å². The third-order valence-electron chi connectivity index (χ3n) is 3.24. The van der Waals surface area contributed by atoms with Crippen LogP contribution in [0.5, 0.6) is 5.88 Å². The van der Waals surface area contributed by atoms with E-state index in [0.717, 1.165) is 10.0 Å². The molecule has 6 nitrogen and oxygen atoms in total. The molecule has 2 aromatic rings. The molecule has 2 amide bonds. The van der Waals surface area contributed by atoms with Gasteiger partial charge in [-0.05, 0) is 35.9 Å². The number of aromatic nitrogens is 1. The van der Waals surface area contributed by atoms with Crippen molar-refractivity contribution >= 4 is 27.7 Å². The molecule has 0 radical (unpaired) electrons. The summed E-state index contributed by atoms with van der Waals surface area (Å²) in [4.78, 5) is 27.7. The van der Waals surface area contributed by atoms with Gasteiger partial charge in [0.1, 0.15) is 0 Å². The first-order valence-electron chi connectivity index (χ1n) is 7.38. The van der Waals surface area contributed by atoms with E-state index >= 15 is 0 Å². The largest absolute Gasteiger partial charge is 0.481 e. The van der Waals surface area contributed by atoms with Crippen LogP contribution in [0.25, 0.3) is 0 Å². The fourth-order valence-corrected chi connectivity index (χ4v) is 2.22. The molecular weight excluding hydrogens is 374 g/mol. The van der Waals surface area contributed by atoms with Gasteiger partial charge in [0.25, 0.3) is 5.91 Å². The van der Waals surface area contributed by atoms with Crippen LogP contribution >= 0.6 is 15.9 Å². The second-order valence-electron chi connectivity index (χ2n) is 5.00. The van der Waals surface area contributed by atoms with Gasteiger partial charge in [0.15, 0.2) is 0 Å². The van der Waals surface area contributed by atoms with Crippen molar-refractivity contribution in [2.75, 3.05) is 13.7 Å². The summed E-state index contributed by atoms with van der Waals surface area (Å²) in [5.41, 5.74) is 1.46. The number of carbonyl (C=O) groups excluding carboxylic acids is 2. The van der Waals surface area contributed by atoms with E-state index in [1.165, 1.54) is 0 Å². The maximum Gasteiger partial charge on any atom is 0.251 e. The number of pyridine rings is 1. The Hall–Kier alpha value is -2.41. The van der Waals surface area contributed by atoms with Crippen molar-refractivity contribution in [3.05, 3.63) is 58.2 Å². The summed E-state index contributed by atoms with van der Waals surface area (Å²) >= 11 is 3.32. The standard InChI is InChI=1S/C17H18BrN3O3/c1-24-16-10-12(6-8-19-16)11-21-15(22)7-9-20-17(23)13-2-4-14(18)5-3-13/h2-6,8,10H,7,9,11H2,1H3,(H,20,23)(H,21,22). The Bertz CT molecular complexity index is 704. The fourth-order valence-electron chi connectivity index (χ4n) is 1.95. The molecule has 2 rings (SSSR count). The Morgan fingerprint density at radius 1 is 1.17 bits per heavy atom. The number of amides is 2. The summed E-state index contributed by atoms with van der Waals surface area (Å²) in [5.74, 6) is 0.166. The van der Waals surface area contributed by atoms with E-state index in [-0.39, 0.29) is 24.8 Å². The first kappa shape index (κ1) is 17.9. The highest BCUT2D eigenvalue weighted by Gasteiger charge is 2.07. The van der Waals surface area contributed by atoms with Crippen LogP contribution in [0.1, 0.15) is 22.3 Å². The van der Waals surface area contributed by atoms with Crippen LogP contribution in [0.3, 0.4) is 0 Å². The first-order chi connectivity index (χ1) is 11.6. The van der Waals surface area contributed by atoms with Gasteiger partial charge in [-0.15, -0.1) is 0 Å². The Balaban J connectivity index is 1.71. The van der Waals surface area contributed by atoms with Crippen LogP contribution in [0, 0.1) is 0 Å². The first-order valence-corrected chi connectivity index (χ1v) is 8.17. The molecule has 0 unspecified atom stereocenters. The zero-order valence-electron chi connectivity index (χ0n) is 13.2. The number of nitrogens with zero attached hydrogens (tertiary/aromatic N) is 1. The Kier molecular flexibility index (Phi) is 6.74. The average Bonchev–Trinajstić information content (AvgIpc) is 2.60. The van der Waals surface area contributed by atoms with Gasteiger partial charge < -0.3 is 15.4 Å². The van der Waals surface area contributed by atoms with Crippen LogP contribution in [0.2, 0.25) is 0 Å². The number of nitrogens with one attached hydrogen (secondary N) is 2. The molecule has 0 aliphatic carbocycles. The maximum atomic E-state index is 11.9. The normalized spacial score (nSPS) is 10.1. The zero-order chi connectivity index (χ0) is 17.4. The van der Waals surface area contributed by atoms with Crippen LogP contribution in [0.15, 0.2) is 47.1 Å². The average molecular weight is 392 g/mol. The molecule has 24 heavy (non-hydrogen) atoms. The lowest BCUT2D eigenvalue weighted by Crippen LogP contribution is -2.30. The number of hydrogen-bond donors (Lipinski definition) is 2. The van der Waals surface area contributed by atoms with Gasteiger partial charge in [0, 0.05) is 41.8 Å². The van der Waals surface area contributed by atoms with Gasteiger partial charge in [-0.3, -0.25) is 9.59 Å².